The van der Waals surface area contributed by atoms with E-state index in [2.05, 4.69) is 20.0 Å². The van der Waals surface area contributed by atoms with Crippen LogP contribution in [0, 0.1) is 11.3 Å². The average molecular weight is 243 g/mol. The molecule has 0 aromatic carbocycles. The zero-order chi connectivity index (χ0) is 12.8. The molecule has 0 bridgehead atoms. The van der Waals surface area contributed by atoms with Crippen molar-refractivity contribution in [2.24, 2.45) is 0 Å². The molecule has 0 saturated carbocycles. The third kappa shape index (κ3) is 4.33. The summed E-state index contributed by atoms with van der Waals surface area (Å²) in [7, 11) is -1.85. The van der Waals surface area contributed by atoms with Gasteiger partial charge in [-0.15, -0.1) is 0 Å². The van der Waals surface area contributed by atoms with Gasteiger partial charge in [0.25, 0.3) is 0 Å². The van der Waals surface area contributed by atoms with Gasteiger partial charge in [-0.3, -0.25) is 0 Å². The van der Waals surface area contributed by atoms with Crippen LogP contribution in [-0.2, 0) is 4.79 Å². The average Bonchev–Trinajstić information content (AvgIpc) is 2.21. The Morgan fingerprint density at radius 1 is 1.50 bits per heavy atom. The standard InChI is InChI=1S/C11H21NO3Si/c1-4-5-8-16(2,3)9(6-7-12)10(13)11(14)15/h9-10,13H,4-6,8H2,1-3H3,(H,14,15)/t9-,10?/m1/s1. The van der Waals surface area contributed by atoms with Crippen molar-refractivity contribution in [1.82, 2.24) is 0 Å². The molecule has 2 N–H and O–H groups in total. The molecule has 0 rings (SSSR count). The molecule has 0 aliphatic rings. The second kappa shape index (κ2) is 6.66. The maximum Gasteiger partial charge on any atom is 0.332 e. The normalized spacial score (nSPS) is 15.2. The van der Waals surface area contributed by atoms with Crippen LogP contribution >= 0.6 is 0 Å². The predicted molar refractivity (Wildman–Crippen MR) is 64.8 cm³/mol. The van der Waals surface area contributed by atoms with Gasteiger partial charge in [0.15, 0.2) is 6.10 Å². The van der Waals surface area contributed by atoms with Gasteiger partial charge in [0, 0.05) is 12.0 Å². The highest BCUT2D eigenvalue weighted by Crippen LogP contribution is 2.33. The van der Waals surface area contributed by atoms with Gasteiger partial charge in [-0.05, 0) is 0 Å². The van der Waals surface area contributed by atoms with Crippen molar-refractivity contribution in [3.63, 3.8) is 0 Å². The number of aliphatic hydroxyl groups excluding tert-OH is 1. The minimum Gasteiger partial charge on any atom is -0.479 e. The maximum absolute atomic E-state index is 10.8. The van der Waals surface area contributed by atoms with Crippen LogP contribution in [0.25, 0.3) is 0 Å². The van der Waals surface area contributed by atoms with Gasteiger partial charge in [0.2, 0.25) is 0 Å². The van der Waals surface area contributed by atoms with Gasteiger partial charge in [0.05, 0.1) is 14.1 Å². The van der Waals surface area contributed by atoms with Gasteiger partial charge >= 0.3 is 5.97 Å². The van der Waals surface area contributed by atoms with E-state index in [4.69, 9.17) is 10.4 Å². The van der Waals surface area contributed by atoms with Crippen molar-refractivity contribution < 1.29 is 15.0 Å². The van der Waals surface area contributed by atoms with Gasteiger partial charge < -0.3 is 10.2 Å². The first-order chi connectivity index (χ1) is 7.36. The summed E-state index contributed by atoms with van der Waals surface area (Å²) in [5, 5.41) is 27.2. The molecule has 4 nitrogen and oxygen atoms in total. The SMILES string of the molecule is CCCC[Si](C)(C)[C@H](CC#N)C(O)C(=O)O. The number of aliphatic hydroxyl groups is 1. The van der Waals surface area contributed by atoms with Crippen LogP contribution in [-0.4, -0.2) is 30.4 Å². The summed E-state index contributed by atoms with van der Waals surface area (Å²) >= 11 is 0. The number of nitrogens with zero attached hydrogens (tertiary/aromatic N) is 1. The van der Waals surface area contributed by atoms with E-state index in [0.29, 0.717) is 0 Å². The second-order valence-electron chi connectivity index (χ2n) is 4.84. The number of nitriles is 1. The fraction of sp³-hybridized carbons (Fsp3) is 0.818. The van der Waals surface area contributed by atoms with Gasteiger partial charge in [-0.25, -0.2) is 4.79 Å². The van der Waals surface area contributed by atoms with E-state index in [1.807, 2.05) is 6.07 Å². The highest BCUT2D eigenvalue weighted by Gasteiger charge is 2.39. The third-order valence-corrected chi connectivity index (χ3v) is 7.29. The van der Waals surface area contributed by atoms with Crippen LogP contribution in [0.1, 0.15) is 26.2 Å². The number of unbranched alkanes of at least 4 members (excludes halogenated alkanes) is 1. The fourth-order valence-corrected chi connectivity index (χ4v) is 5.18. The van der Waals surface area contributed by atoms with Gasteiger partial charge in [0.1, 0.15) is 0 Å². The molecule has 0 amide bonds. The molecular formula is C11H21NO3Si. The molecular weight excluding hydrogens is 222 g/mol. The Labute approximate surface area is 97.9 Å². The minimum atomic E-state index is -1.85. The Kier molecular flexibility index (Phi) is 6.30. The Balaban J connectivity index is 4.75. The number of hydrogen-bond donors (Lipinski definition) is 2. The lowest BCUT2D eigenvalue weighted by Gasteiger charge is -2.32. The topological polar surface area (TPSA) is 81.3 Å². The Hall–Kier alpha value is -0.863. The summed E-state index contributed by atoms with van der Waals surface area (Å²) in [6, 6.07) is 2.96. The Morgan fingerprint density at radius 2 is 2.06 bits per heavy atom. The van der Waals surface area contributed by atoms with E-state index < -0.39 is 20.1 Å². The highest BCUT2D eigenvalue weighted by atomic mass is 28.3. The van der Waals surface area contributed by atoms with E-state index in [1.54, 1.807) is 0 Å². The van der Waals surface area contributed by atoms with Crippen molar-refractivity contribution in [2.75, 3.05) is 0 Å². The van der Waals surface area contributed by atoms with Crippen molar-refractivity contribution >= 4 is 14.0 Å². The fourth-order valence-electron chi connectivity index (χ4n) is 1.90. The largest absolute Gasteiger partial charge is 0.479 e. The van der Waals surface area contributed by atoms with Crippen LogP contribution in [0.5, 0.6) is 0 Å². The molecule has 0 spiro atoms. The number of aliphatic carboxylic acids is 1. The zero-order valence-corrected chi connectivity index (χ0v) is 11.2. The van der Waals surface area contributed by atoms with Crippen LogP contribution in [0.2, 0.25) is 24.7 Å². The molecule has 0 fully saturated rings. The van der Waals surface area contributed by atoms with E-state index in [1.165, 1.54) is 0 Å². The number of hydrogen-bond acceptors (Lipinski definition) is 3. The molecule has 92 valence electrons. The molecule has 0 aromatic heterocycles. The summed E-state index contributed by atoms with van der Waals surface area (Å²) in [6.45, 7) is 6.19. The molecule has 16 heavy (non-hydrogen) atoms. The first-order valence-electron chi connectivity index (χ1n) is 5.64. The lowest BCUT2D eigenvalue weighted by molar-refractivity contribution is -0.146. The molecule has 0 aliphatic heterocycles. The highest BCUT2D eigenvalue weighted by molar-refractivity contribution is 6.79. The summed E-state index contributed by atoms with van der Waals surface area (Å²) < 4.78 is 0. The number of rotatable bonds is 7. The second-order valence-corrected chi connectivity index (χ2v) is 10.1. The predicted octanol–water partition coefficient (Wildman–Crippen LogP) is 2.22. The maximum atomic E-state index is 10.8. The van der Waals surface area contributed by atoms with E-state index >= 15 is 0 Å². The van der Waals surface area contributed by atoms with E-state index in [0.717, 1.165) is 18.9 Å². The van der Waals surface area contributed by atoms with Crippen molar-refractivity contribution in [3.8, 4) is 6.07 Å². The lowest BCUT2D eigenvalue weighted by Crippen LogP contribution is -2.42. The first kappa shape index (κ1) is 15.1. The lowest BCUT2D eigenvalue weighted by atomic mass is 10.2. The molecule has 0 aliphatic carbocycles. The summed E-state index contributed by atoms with van der Waals surface area (Å²) in [4.78, 5) is 10.8. The summed E-state index contributed by atoms with van der Waals surface area (Å²) in [5.41, 5.74) is -0.374. The van der Waals surface area contributed by atoms with Gasteiger partial charge in [-0.2, -0.15) is 5.26 Å². The smallest absolute Gasteiger partial charge is 0.332 e. The molecule has 1 unspecified atom stereocenters. The van der Waals surface area contributed by atoms with Gasteiger partial charge in [-0.1, -0.05) is 38.9 Å². The molecule has 2 atom stereocenters. The van der Waals surface area contributed by atoms with Crippen LogP contribution in [0.4, 0.5) is 0 Å². The van der Waals surface area contributed by atoms with Crippen molar-refractivity contribution in [3.05, 3.63) is 0 Å². The molecule has 5 heteroatoms. The Morgan fingerprint density at radius 3 is 2.44 bits per heavy atom. The van der Waals surface area contributed by atoms with E-state index in [-0.39, 0.29) is 12.0 Å². The molecule has 0 aromatic rings. The quantitative estimate of drug-likeness (QED) is 0.672. The van der Waals surface area contributed by atoms with E-state index in [9.17, 15) is 9.90 Å². The van der Waals surface area contributed by atoms with Crippen molar-refractivity contribution in [2.45, 2.75) is 57.0 Å². The molecule has 0 saturated heterocycles. The molecule has 0 heterocycles. The van der Waals surface area contributed by atoms with Crippen LogP contribution in [0.3, 0.4) is 0 Å². The third-order valence-electron chi connectivity index (χ3n) is 3.12. The molecule has 0 radical (unpaired) electrons. The Bertz CT molecular complexity index is 273. The number of carbonyl (C=O) groups is 1. The van der Waals surface area contributed by atoms with Crippen LogP contribution in [0.15, 0.2) is 0 Å². The summed E-state index contributed by atoms with van der Waals surface area (Å²) in [5.74, 6) is -1.21. The zero-order valence-electron chi connectivity index (χ0n) is 10.2. The first-order valence-corrected chi connectivity index (χ1v) is 8.93. The minimum absolute atomic E-state index is 0.135. The summed E-state index contributed by atoms with van der Waals surface area (Å²) in [6.07, 6.45) is 0.834. The monoisotopic (exact) mass is 243 g/mol. The van der Waals surface area contributed by atoms with Crippen molar-refractivity contribution in [1.29, 1.82) is 5.26 Å². The number of carboxylic acids is 1. The van der Waals surface area contributed by atoms with Crippen LogP contribution < -0.4 is 0 Å². The number of carboxylic acid groups (broad SMARTS) is 1.